The second kappa shape index (κ2) is 4.57. The van der Waals surface area contributed by atoms with Gasteiger partial charge < -0.3 is 4.74 Å². The predicted octanol–water partition coefficient (Wildman–Crippen LogP) is 1.72. The summed E-state index contributed by atoms with van der Waals surface area (Å²) in [6.45, 7) is 3.23. The Hall–Kier alpha value is -1.62. The summed E-state index contributed by atoms with van der Waals surface area (Å²) < 4.78 is 12.8. The highest BCUT2D eigenvalue weighted by molar-refractivity contribution is 5.12. The number of rotatable bonds is 4. The Kier molecular flexibility index (Phi) is 2.62. The SMILES string of the molecule is [2H]C1OCC12CN(Cc1cccc(CN=[N+]=[N-])n1)C2. The molecule has 6 heteroatoms. The van der Waals surface area contributed by atoms with E-state index in [0.29, 0.717) is 6.61 Å². The van der Waals surface area contributed by atoms with Gasteiger partial charge in [-0.2, -0.15) is 0 Å². The Morgan fingerprint density at radius 3 is 3.06 bits per heavy atom. The summed E-state index contributed by atoms with van der Waals surface area (Å²) in [5.41, 5.74) is 10.1. The Balaban J connectivity index is 1.57. The lowest BCUT2D eigenvalue weighted by atomic mass is 9.78. The third kappa shape index (κ3) is 2.18. The van der Waals surface area contributed by atoms with Crippen LogP contribution >= 0.6 is 0 Å². The summed E-state index contributed by atoms with van der Waals surface area (Å²) in [5.74, 6) is 0. The van der Waals surface area contributed by atoms with Crippen LogP contribution in [-0.4, -0.2) is 36.2 Å². The monoisotopic (exact) mass is 246 g/mol. The van der Waals surface area contributed by atoms with Crippen molar-refractivity contribution < 1.29 is 6.11 Å². The zero-order chi connectivity index (χ0) is 13.3. The van der Waals surface area contributed by atoms with Gasteiger partial charge in [-0.25, -0.2) is 0 Å². The molecule has 0 bridgehead atoms. The van der Waals surface area contributed by atoms with Crippen molar-refractivity contribution in [3.63, 3.8) is 0 Å². The van der Waals surface area contributed by atoms with Crippen LogP contribution in [0.15, 0.2) is 23.3 Å². The van der Waals surface area contributed by atoms with E-state index in [1.165, 1.54) is 0 Å². The standard InChI is InChI=1S/C12H15N5O/c13-16-14-4-10-2-1-3-11(15-10)5-17-6-12(7-17)8-18-9-12/h1-3H,4-9H2/i8D. The maximum atomic E-state index is 8.30. The van der Waals surface area contributed by atoms with E-state index in [9.17, 15) is 0 Å². The molecule has 2 saturated heterocycles. The van der Waals surface area contributed by atoms with Crippen molar-refractivity contribution in [3.8, 4) is 0 Å². The Bertz CT molecular complexity index is 525. The second-order valence-electron chi connectivity index (χ2n) is 4.95. The number of nitrogens with zero attached hydrogens (tertiary/aromatic N) is 5. The Labute approximate surface area is 107 Å². The van der Waals surface area contributed by atoms with Crippen LogP contribution in [0.5, 0.6) is 0 Å². The molecule has 3 heterocycles. The molecule has 2 aliphatic heterocycles. The van der Waals surface area contributed by atoms with E-state index in [4.69, 9.17) is 11.6 Å². The first-order chi connectivity index (χ1) is 9.22. The average molecular weight is 246 g/mol. The van der Waals surface area contributed by atoms with E-state index in [2.05, 4.69) is 19.9 Å². The van der Waals surface area contributed by atoms with E-state index in [0.717, 1.165) is 31.0 Å². The van der Waals surface area contributed by atoms with E-state index >= 15 is 0 Å². The lowest BCUT2D eigenvalue weighted by molar-refractivity contribution is -0.191. The summed E-state index contributed by atoms with van der Waals surface area (Å²) in [7, 11) is 0. The molecule has 2 fully saturated rings. The highest BCUT2D eigenvalue weighted by Gasteiger charge is 2.48. The van der Waals surface area contributed by atoms with Gasteiger partial charge in [0.2, 0.25) is 0 Å². The normalized spacial score (nSPS) is 25.8. The number of aromatic nitrogens is 1. The van der Waals surface area contributed by atoms with Crippen molar-refractivity contribution in [3.05, 3.63) is 40.0 Å². The molecule has 1 spiro atoms. The lowest BCUT2D eigenvalue weighted by Crippen LogP contribution is -2.65. The molecule has 0 amide bonds. The van der Waals surface area contributed by atoms with E-state index in [1.807, 2.05) is 18.2 Å². The van der Waals surface area contributed by atoms with Crippen LogP contribution in [-0.2, 0) is 17.8 Å². The molecule has 18 heavy (non-hydrogen) atoms. The smallest absolute Gasteiger partial charge is 0.0684 e. The van der Waals surface area contributed by atoms with Crippen molar-refractivity contribution in [1.82, 2.24) is 9.88 Å². The summed E-state index contributed by atoms with van der Waals surface area (Å²) in [5, 5.41) is 3.51. The topological polar surface area (TPSA) is 74.1 Å². The van der Waals surface area contributed by atoms with Gasteiger partial charge in [0.25, 0.3) is 0 Å². The van der Waals surface area contributed by atoms with Crippen molar-refractivity contribution >= 4 is 0 Å². The minimum Gasteiger partial charge on any atom is -0.380 e. The maximum Gasteiger partial charge on any atom is 0.0684 e. The highest BCUT2D eigenvalue weighted by Crippen LogP contribution is 2.37. The molecule has 0 saturated carbocycles. The quantitative estimate of drug-likeness (QED) is 0.461. The van der Waals surface area contributed by atoms with Gasteiger partial charge in [-0.1, -0.05) is 11.2 Å². The number of likely N-dealkylation sites (tertiary alicyclic amines) is 1. The van der Waals surface area contributed by atoms with Crippen LogP contribution in [0.4, 0.5) is 0 Å². The van der Waals surface area contributed by atoms with Crippen LogP contribution < -0.4 is 0 Å². The molecule has 6 nitrogen and oxygen atoms in total. The fourth-order valence-electron chi connectivity index (χ4n) is 2.48. The van der Waals surface area contributed by atoms with Crippen LogP contribution in [0, 0.1) is 5.41 Å². The molecule has 0 aromatic carbocycles. The number of pyridine rings is 1. The molecule has 0 N–H and O–H groups in total. The molecular formula is C12H15N5O. The molecule has 0 aliphatic carbocycles. The average Bonchev–Trinajstić information content (AvgIpc) is 2.38. The molecule has 94 valence electrons. The Morgan fingerprint density at radius 2 is 2.39 bits per heavy atom. The first kappa shape index (κ1) is 10.3. The minimum absolute atomic E-state index is 0.0721. The van der Waals surface area contributed by atoms with Gasteiger partial charge in [0.1, 0.15) is 0 Å². The number of ether oxygens (including phenoxy) is 1. The molecule has 0 radical (unpaired) electrons. The molecule has 1 aromatic heterocycles. The van der Waals surface area contributed by atoms with Gasteiger partial charge in [0.15, 0.2) is 0 Å². The van der Waals surface area contributed by atoms with Crippen LogP contribution in [0.1, 0.15) is 12.8 Å². The molecule has 1 unspecified atom stereocenters. The Morgan fingerprint density at radius 1 is 1.56 bits per heavy atom. The molecule has 2 aliphatic rings. The van der Waals surface area contributed by atoms with Crippen LogP contribution in [0.2, 0.25) is 0 Å². The third-order valence-corrected chi connectivity index (χ3v) is 3.33. The van der Waals surface area contributed by atoms with Crippen LogP contribution in [0.25, 0.3) is 10.4 Å². The van der Waals surface area contributed by atoms with Crippen molar-refractivity contribution in [1.29, 1.82) is 0 Å². The summed E-state index contributed by atoms with van der Waals surface area (Å²) >= 11 is 0. The van der Waals surface area contributed by atoms with Crippen molar-refractivity contribution in [2.24, 2.45) is 10.5 Å². The fourth-order valence-corrected chi connectivity index (χ4v) is 2.48. The van der Waals surface area contributed by atoms with Crippen molar-refractivity contribution in [2.75, 3.05) is 26.3 Å². The first-order valence-corrected chi connectivity index (χ1v) is 5.94. The van der Waals surface area contributed by atoms with E-state index in [-0.39, 0.29) is 18.5 Å². The lowest BCUT2D eigenvalue weighted by Gasteiger charge is -2.55. The third-order valence-electron chi connectivity index (χ3n) is 3.33. The van der Waals surface area contributed by atoms with Gasteiger partial charge >= 0.3 is 0 Å². The van der Waals surface area contributed by atoms with E-state index in [1.54, 1.807) is 0 Å². The van der Waals surface area contributed by atoms with Gasteiger partial charge in [-0.3, -0.25) is 9.88 Å². The zero-order valence-corrected chi connectivity index (χ0v) is 9.99. The van der Waals surface area contributed by atoms with Gasteiger partial charge in [-0.05, 0) is 17.7 Å². The summed E-state index contributed by atoms with van der Waals surface area (Å²) in [6, 6.07) is 5.76. The van der Waals surface area contributed by atoms with Gasteiger partial charge in [0.05, 0.1) is 26.8 Å². The zero-order valence-electron chi connectivity index (χ0n) is 11.0. The van der Waals surface area contributed by atoms with Crippen LogP contribution in [0.3, 0.4) is 0 Å². The highest BCUT2D eigenvalue weighted by atomic mass is 16.5. The molecule has 1 atom stereocenters. The van der Waals surface area contributed by atoms with E-state index < -0.39 is 0 Å². The van der Waals surface area contributed by atoms with Gasteiger partial charge in [0, 0.05) is 35.7 Å². The molecule has 3 rings (SSSR count). The fraction of sp³-hybridized carbons (Fsp3) is 0.583. The van der Waals surface area contributed by atoms with Gasteiger partial charge in [-0.15, -0.1) is 0 Å². The van der Waals surface area contributed by atoms with Crippen molar-refractivity contribution in [2.45, 2.75) is 13.1 Å². The largest absolute Gasteiger partial charge is 0.380 e. The molecule has 1 aromatic rings. The molecular weight excluding hydrogens is 230 g/mol. The predicted molar refractivity (Wildman–Crippen MR) is 65.6 cm³/mol. The number of azide groups is 1. The maximum absolute atomic E-state index is 8.30. The summed E-state index contributed by atoms with van der Waals surface area (Å²) in [4.78, 5) is 9.46. The first-order valence-electron chi connectivity index (χ1n) is 6.51. The number of hydrogen-bond donors (Lipinski definition) is 0. The minimum atomic E-state index is -0.354. The summed E-state index contributed by atoms with van der Waals surface area (Å²) in [6.07, 6.45) is 0. The number of hydrogen-bond acceptors (Lipinski definition) is 4. The second-order valence-corrected chi connectivity index (χ2v) is 4.95.